The lowest BCUT2D eigenvalue weighted by Crippen LogP contribution is -2.42. The van der Waals surface area contributed by atoms with Gasteiger partial charge >= 0.3 is 6.09 Å². The number of carbonyl (C=O) groups is 1. The van der Waals surface area contributed by atoms with Gasteiger partial charge in [0.2, 0.25) is 5.88 Å². The van der Waals surface area contributed by atoms with Crippen molar-refractivity contribution in [2.24, 2.45) is 5.41 Å². The van der Waals surface area contributed by atoms with E-state index < -0.39 is 6.09 Å². The van der Waals surface area contributed by atoms with Gasteiger partial charge in [-0.2, -0.15) is 5.10 Å². The van der Waals surface area contributed by atoms with Gasteiger partial charge in [0.1, 0.15) is 11.9 Å². The fourth-order valence-electron chi connectivity index (χ4n) is 4.22. The summed E-state index contributed by atoms with van der Waals surface area (Å²) in [6.45, 7) is 5.27. The molecule has 3 aromatic rings. The summed E-state index contributed by atoms with van der Waals surface area (Å²) in [5.74, 6) is 1.26. The van der Waals surface area contributed by atoms with Crippen LogP contribution in [0.2, 0.25) is 0 Å². The number of hydrogen-bond acceptors (Lipinski definition) is 7. The lowest BCUT2D eigenvalue weighted by Gasteiger charge is -2.30. The number of nitrogens with one attached hydrogen (secondary N) is 2. The third-order valence-electron chi connectivity index (χ3n) is 6.22. The van der Waals surface area contributed by atoms with Crippen LogP contribution >= 0.6 is 0 Å². The monoisotopic (exact) mass is 451 g/mol. The van der Waals surface area contributed by atoms with E-state index in [1.165, 1.54) is 4.90 Å². The lowest BCUT2D eigenvalue weighted by atomic mass is 9.89. The lowest BCUT2D eigenvalue weighted by molar-refractivity contribution is 0.124. The molecule has 2 fully saturated rings. The molecule has 3 aromatic heterocycles. The Hall–Kier alpha value is -3.40. The summed E-state index contributed by atoms with van der Waals surface area (Å²) < 4.78 is 7.69. The minimum atomic E-state index is -0.897. The molecule has 1 atom stereocenters. The van der Waals surface area contributed by atoms with E-state index in [0.717, 1.165) is 43.5 Å². The zero-order valence-electron chi connectivity index (χ0n) is 18.7. The fourth-order valence-corrected chi connectivity index (χ4v) is 4.22. The van der Waals surface area contributed by atoms with Gasteiger partial charge in [-0.3, -0.25) is 0 Å². The highest BCUT2D eigenvalue weighted by Gasteiger charge is 2.32. The van der Waals surface area contributed by atoms with E-state index in [1.54, 1.807) is 16.9 Å². The normalized spacial score (nSPS) is 20.2. The summed E-state index contributed by atoms with van der Waals surface area (Å²) in [4.78, 5) is 22.4. The molecule has 5 rings (SSSR count). The molecule has 3 N–H and O–H groups in total. The van der Waals surface area contributed by atoms with E-state index in [2.05, 4.69) is 27.6 Å². The van der Waals surface area contributed by atoms with Crippen LogP contribution in [0.1, 0.15) is 26.2 Å². The second kappa shape index (κ2) is 8.86. The number of carboxylic acid groups (broad SMARTS) is 1. The topological polar surface area (TPSA) is 117 Å². The van der Waals surface area contributed by atoms with Gasteiger partial charge in [-0.05, 0) is 49.4 Å². The average Bonchev–Trinajstić information content (AvgIpc) is 3.36. The average molecular weight is 452 g/mol. The maximum Gasteiger partial charge on any atom is 0.407 e. The zero-order valence-corrected chi connectivity index (χ0v) is 18.7. The van der Waals surface area contributed by atoms with Crippen molar-refractivity contribution in [3.63, 3.8) is 0 Å². The van der Waals surface area contributed by atoms with Crippen LogP contribution in [0.15, 0.2) is 36.8 Å². The van der Waals surface area contributed by atoms with Crippen LogP contribution in [0.25, 0.3) is 16.8 Å². The van der Waals surface area contributed by atoms with Crippen LogP contribution in [-0.4, -0.2) is 74.5 Å². The molecule has 1 aliphatic carbocycles. The molecule has 1 amide bonds. The van der Waals surface area contributed by atoms with Gasteiger partial charge in [0, 0.05) is 44.1 Å². The highest BCUT2D eigenvalue weighted by Crippen LogP contribution is 2.34. The van der Waals surface area contributed by atoms with Gasteiger partial charge < -0.3 is 25.4 Å². The Balaban J connectivity index is 1.29. The van der Waals surface area contributed by atoms with E-state index in [0.29, 0.717) is 37.0 Å². The molecule has 0 spiro atoms. The first kappa shape index (κ1) is 21.4. The van der Waals surface area contributed by atoms with Gasteiger partial charge in [0.25, 0.3) is 0 Å². The van der Waals surface area contributed by atoms with Gasteiger partial charge in [-0.1, -0.05) is 6.92 Å². The molecule has 1 aliphatic heterocycles. The molecule has 0 aromatic carbocycles. The molecule has 10 heteroatoms. The SMILES string of the molecule is C[C@@]1(CN(CCNc2ccn3ncc(-c4cccnc4OC4CC4)c3n2)C(=O)O)CCNC1. The quantitative estimate of drug-likeness (QED) is 0.455. The molecule has 4 heterocycles. The van der Waals surface area contributed by atoms with E-state index in [4.69, 9.17) is 9.72 Å². The molecular formula is C23H29N7O3. The number of rotatable bonds is 9. The van der Waals surface area contributed by atoms with Crippen LogP contribution in [0.4, 0.5) is 10.6 Å². The smallest absolute Gasteiger partial charge is 0.407 e. The van der Waals surface area contributed by atoms with Gasteiger partial charge in [0.05, 0.1) is 11.8 Å². The molecular weight excluding hydrogens is 422 g/mol. The Morgan fingerprint density at radius 2 is 2.27 bits per heavy atom. The van der Waals surface area contributed by atoms with Crippen molar-refractivity contribution in [1.29, 1.82) is 0 Å². The van der Waals surface area contributed by atoms with Crippen LogP contribution in [0.3, 0.4) is 0 Å². The van der Waals surface area contributed by atoms with Crippen molar-refractivity contribution in [2.45, 2.75) is 32.3 Å². The highest BCUT2D eigenvalue weighted by molar-refractivity contribution is 5.80. The standard InChI is InChI=1S/C23H29N7O3/c1-23(7-9-24-14-23)15-29(22(31)32)12-10-25-19-6-11-30-20(28-19)18(13-27-30)17-3-2-8-26-21(17)33-16-4-5-16/h2-3,6,8,11,13,16,24H,4-5,7,9-10,12,14-15H2,1H3,(H,25,28)(H,31,32)/t23-/m1/s1. The summed E-state index contributed by atoms with van der Waals surface area (Å²) >= 11 is 0. The summed E-state index contributed by atoms with van der Waals surface area (Å²) in [6, 6.07) is 5.68. The molecule has 0 bridgehead atoms. The Morgan fingerprint density at radius 1 is 1.39 bits per heavy atom. The Kier molecular flexibility index (Phi) is 5.76. The van der Waals surface area contributed by atoms with E-state index in [-0.39, 0.29) is 11.5 Å². The molecule has 0 radical (unpaired) electrons. The van der Waals surface area contributed by atoms with Gasteiger partial charge in [-0.15, -0.1) is 0 Å². The van der Waals surface area contributed by atoms with Crippen LogP contribution in [0.5, 0.6) is 5.88 Å². The largest absolute Gasteiger partial charge is 0.474 e. The maximum atomic E-state index is 11.8. The molecule has 10 nitrogen and oxygen atoms in total. The first-order valence-electron chi connectivity index (χ1n) is 11.4. The van der Waals surface area contributed by atoms with Crippen LogP contribution in [0, 0.1) is 5.41 Å². The van der Waals surface area contributed by atoms with E-state index >= 15 is 0 Å². The second-order valence-corrected chi connectivity index (χ2v) is 9.18. The maximum absolute atomic E-state index is 11.8. The zero-order chi connectivity index (χ0) is 22.8. The van der Waals surface area contributed by atoms with E-state index in [1.807, 2.05) is 24.4 Å². The number of fused-ring (bicyclic) bond motifs is 1. The molecule has 2 aliphatic rings. The number of aromatic nitrogens is 4. The molecule has 0 unspecified atom stereocenters. The van der Waals surface area contributed by atoms with Crippen molar-refractivity contribution in [3.8, 4) is 17.0 Å². The number of pyridine rings is 1. The second-order valence-electron chi connectivity index (χ2n) is 9.18. The first-order chi connectivity index (χ1) is 16.0. The number of hydrogen-bond donors (Lipinski definition) is 3. The van der Waals surface area contributed by atoms with Crippen molar-refractivity contribution in [3.05, 3.63) is 36.8 Å². The Bertz CT molecular complexity index is 1140. The summed E-state index contributed by atoms with van der Waals surface area (Å²) in [5, 5.41) is 20.7. The highest BCUT2D eigenvalue weighted by atomic mass is 16.5. The number of anilines is 1. The van der Waals surface area contributed by atoms with Crippen molar-refractivity contribution in [1.82, 2.24) is 29.8 Å². The van der Waals surface area contributed by atoms with Crippen molar-refractivity contribution < 1.29 is 14.6 Å². The summed E-state index contributed by atoms with van der Waals surface area (Å²) in [7, 11) is 0. The molecule has 33 heavy (non-hydrogen) atoms. The molecule has 1 saturated carbocycles. The number of ether oxygens (including phenoxy) is 1. The van der Waals surface area contributed by atoms with Gasteiger partial charge in [0.15, 0.2) is 5.65 Å². The molecule has 174 valence electrons. The third-order valence-corrected chi connectivity index (χ3v) is 6.22. The van der Waals surface area contributed by atoms with Crippen LogP contribution in [-0.2, 0) is 0 Å². The Labute approximate surface area is 192 Å². The first-order valence-corrected chi connectivity index (χ1v) is 11.4. The number of amides is 1. The summed E-state index contributed by atoms with van der Waals surface area (Å²) in [6.07, 6.45) is 7.77. The van der Waals surface area contributed by atoms with E-state index in [9.17, 15) is 9.90 Å². The predicted octanol–water partition coefficient (Wildman–Crippen LogP) is 2.72. The summed E-state index contributed by atoms with van der Waals surface area (Å²) in [5.41, 5.74) is 2.37. The molecule has 1 saturated heterocycles. The van der Waals surface area contributed by atoms with Crippen LogP contribution < -0.4 is 15.4 Å². The third kappa shape index (κ3) is 4.85. The minimum Gasteiger partial charge on any atom is -0.474 e. The predicted molar refractivity (Wildman–Crippen MR) is 124 cm³/mol. The minimum absolute atomic E-state index is 0.0218. The van der Waals surface area contributed by atoms with Crippen molar-refractivity contribution in [2.75, 3.05) is 38.0 Å². The van der Waals surface area contributed by atoms with Crippen molar-refractivity contribution >= 4 is 17.6 Å². The fraction of sp³-hybridized carbons (Fsp3) is 0.478. The van der Waals surface area contributed by atoms with Gasteiger partial charge in [-0.25, -0.2) is 19.3 Å². The Morgan fingerprint density at radius 3 is 3.03 bits per heavy atom. The number of nitrogens with zero attached hydrogens (tertiary/aromatic N) is 5.